The highest BCUT2D eigenvalue weighted by atomic mass is 32.1. The molecule has 0 aliphatic carbocycles. The number of hydrogen-bond acceptors (Lipinski definition) is 6. The summed E-state index contributed by atoms with van der Waals surface area (Å²) in [5, 5.41) is 0. The SMILES string of the molecule is COC(=O)C(=S)/C(C(=O)OC)=C1/C(C)=CC=CN1C. The summed E-state index contributed by atoms with van der Waals surface area (Å²) in [4.78, 5) is 25.0. The number of rotatable bonds is 3. The van der Waals surface area contributed by atoms with Crippen molar-refractivity contribution in [3.05, 3.63) is 35.2 Å². The lowest BCUT2D eigenvalue weighted by Crippen LogP contribution is -2.28. The summed E-state index contributed by atoms with van der Waals surface area (Å²) in [5.74, 6) is -1.40. The van der Waals surface area contributed by atoms with Crippen LogP contribution in [-0.2, 0) is 19.1 Å². The number of esters is 2. The summed E-state index contributed by atoms with van der Waals surface area (Å²) in [6.45, 7) is 1.82. The number of nitrogens with zero attached hydrogens (tertiary/aromatic N) is 1. The lowest BCUT2D eigenvalue weighted by Gasteiger charge is -2.24. The van der Waals surface area contributed by atoms with Gasteiger partial charge >= 0.3 is 11.9 Å². The van der Waals surface area contributed by atoms with E-state index in [-0.39, 0.29) is 10.4 Å². The Morgan fingerprint density at radius 2 is 1.79 bits per heavy atom. The summed E-state index contributed by atoms with van der Waals surface area (Å²) in [7, 11) is 4.20. The normalized spacial score (nSPS) is 16.6. The van der Waals surface area contributed by atoms with E-state index in [0.717, 1.165) is 5.57 Å². The molecule has 0 aromatic rings. The van der Waals surface area contributed by atoms with Crippen molar-refractivity contribution in [2.45, 2.75) is 6.92 Å². The van der Waals surface area contributed by atoms with Gasteiger partial charge in [0.15, 0.2) is 0 Å². The zero-order chi connectivity index (χ0) is 14.6. The number of carbonyl (C=O) groups excluding carboxylic acids is 2. The van der Waals surface area contributed by atoms with Crippen LogP contribution < -0.4 is 0 Å². The van der Waals surface area contributed by atoms with E-state index in [1.54, 1.807) is 18.1 Å². The van der Waals surface area contributed by atoms with E-state index in [1.807, 2.05) is 19.1 Å². The summed E-state index contributed by atoms with van der Waals surface area (Å²) < 4.78 is 9.28. The molecule has 102 valence electrons. The number of hydrogen-bond donors (Lipinski definition) is 0. The largest absolute Gasteiger partial charge is 0.465 e. The van der Waals surface area contributed by atoms with Crippen LogP contribution in [0.3, 0.4) is 0 Å². The minimum absolute atomic E-state index is 0.0324. The Labute approximate surface area is 117 Å². The van der Waals surface area contributed by atoms with E-state index < -0.39 is 11.9 Å². The van der Waals surface area contributed by atoms with Crippen molar-refractivity contribution in [2.75, 3.05) is 21.3 Å². The fraction of sp³-hybridized carbons (Fsp3) is 0.308. The summed E-state index contributed by atoms with van der Waals surface area (Å²) in [5.41, 5.74) is 1.37. The van der Waals surface area contributed by atoms with Gasteiger partial charge in [-0.1, -0.05) is 18.3 Å². The number of allylic oxidation sites excluding steroid dienone is 3. The van der Waals surface area contributed by atoms with Gasteiger partial charge in [-0.3, -0.25) is 0 Å². The van der Waals surface area contributed by atoms with Crippen LogP contribution >= 0.6 is 12.2 Å². The molecule has 1 rings (SSSR count). The fourth-order valence-electron chi connectivity index (χ4n) is 1.72. The van der Waals surface area contributed by atoms with E-state index in [1.165, 1.54) is 14.2 Å². The van der Waals surface area contributed by atoms with Crippen molar-refractivity contribution in [3.8, 4) is 0 Å². The Balaban J connectivity index is 3.43. The van der Waals surface area contributed by atoms with Crippen molar-refractivity contribution in [2.24, 2.45) is 0 Å². The second kappa shape index (κ2) is 6.29. The van der Waals surface area contributed by atoms with E-state index in [2.05, 4.69) is 4.74 Å². The van der Waals surface area contributed by atoms with E-state index >= 15 is 0 Å². The molecule has 0 saturated heterocycles. The Morgan fingerprint density at radius 3 is 2.26 bits per heavy atom. The summed E-state index contributed by atoms with van der Waals surface area (Å²) >= 11 is 5.02. The van der Waals surface area contributed by atoms with Crippen LogP contribution in [-0.4, -0.2) is 43.0 Å². The van der Waals surface area contributed by atoms with Crippen LogP contribution in [0.25, 0.3) is 0 Å². The van der Waals surface area contributed by atoms with Gasteiger partial charge in [0.25, 0.3) is 0 Å². The predicted molar refractivity (Wildman–Crippen MR) is 74.3 cm³/mol. The van der Waals surface area contributed by atoms with Crippen LogP contribution in [0.15, 0.2) is 35.2 Å². The molecular formula is C13H15NO4S. The Kier molecular flexibility index (Phi) is 5.00. The van der Waals surface area contributed by atoms with Crippen LogP contribution in [0.5, 0.6) is 0 Å². The molecule has 0 spiro atoms. The third kappa shape index (κ3) is 3.08. The van der Waals surface area contributed by atoms with Crippen LogP contribution in [0.1, 0.15) is 6.92 Å². The molecule has 0 saturated carbocycles. The first-order valence-electron chi connectivity index (χ1n) is 5.47. The van der Waals surface area contributed by atoms with E-state index in [0.29, 0.717) is 5.70 Å². The van der Waals surface area contributed by atoms with Gasteiger partial charge in [0.05, 0.1) is 19.9 Å². The minimum Gasteiger partial charge on any atom is -0.465 e. The molecule has 1 aliphatic heterocycles. The molecule has 0 radical (unpaired) electrons. The monoisotopic (exact) mass is 281 g/mol. The molecule has 0 unspecified atom stereocenters. The minimum atomic E-state index is -0.737. The van der Waals surface area contributed by atoms with Gasteiger partial charge in [-0.2, -0.15) is 0 Å². The molecule has 0 amide bonds. The topological polar surface area (TPSA) is 55.8 Å². The van der Waals surface area contributed by atoms with Gasteiger partial charge < -0.3 is 14.4 Å². The molecule has 5 nitrogen and oxygen atoms in total. The second-order valence-corrected chi connectivity index (χ2v) is 4.25. The first-order valence-corrected chi connectivity index (χ1v) is 5.88. The zero-order valence-electron chi connectivity index (χ0n) is 11.2. The quantitative estimate of drug-likeness (QED) is 0.442. The first-order chi connectivity index (χ1) is 8.93. The molecule has 1 heterocycles. The highest BCUT2D eigenvalue weighted by molar-refractivity contribution is 7.82. The number of methoxy groups -OCH3 is 2. The Morgan fingerprint density at radius 1 is 1.21 bits per heavy atom. The third-order valence-corrected chi connectivity index (χ3v) is 2.98. The van der Waals surface area contributed by atoms with Gasteiger partial charge in [0.2, 0.25) is 0 Å². The number of ether oxygens (including phenoxy) is 2. The molecule has 0 aromatic heterocycles. The van der Waals surface area contributed by atoms with Gasteiger partial charge in [-0.15, -0.1) is 0 Å². The first kappa shape index (κ1) is 15.1. The average molecular weight is 281 g/mol. The summed E-state index contributed by atoms with van der Waals surface area (Å²) in [6.07, 6.45) is 5.40. The molecule has 0 N–H and O–H groups in total. The fourth-order valence-corrected chi connectivity index (χ4v) is 1.98. The van der Waals surface area contributed by atoms with Crippen molar-refractivity contribution in [3.63, 3.8) is 0 Å². The average Bonchev–Trinajstić information content (AvgIpc) is 2.40. The van der Waals surface area contributed by atoms with Crippen molar-refractivity contribution in [1.29, 1.82) is 0 Å². The maximum absolute atomic E-state index is 11.9. The van der Waals surface area contributed by atoms with Gasteiger partial charge in [0, 0.05) is 13.2 Å². The van der Waals surface area contributed by atoms with Gasteiger partial charge in [-0.05, 0) is 18.6 Å². The lowest BCUT2D eigenvalue weighted by atomic mass is 10.0. The Bertz CT molecular complexity index is 517. The standard InChI is InChI=1S/C13H15NO4S/c1-8-6-5-7-14(2)10(8)9(12(15)17-3)11(19)13(16)18-4/h5-7H,1-4H3/b10-9+. The molecule has 0 atom stereocenters. The number of carbonyl (C=O) groups is 2. The number of thiocarbonyl (C=S) groups is 1. The smallest absolute Gasteiger partial charge is 0.349 e. The molecule has 6 heteroatoms. The molecule has 1 aliphatic rings. The maximum Gasteiger partial charge on any atom is 0.349 e. The molecule has 0 aromatic carbocycles. The maximum atomic E-state index is 11.9. The lowest BCUT2D eigenvalue weighted by molar-refractivity contribution is -0.137. The van der Waals surface area contributed by atoms with Crippen molar-refractivity contribution in [1.82, 2.24) is 4.90 Å². The highest BCUT2D eigenvalue weighted by Gasteiger charge is 2.29. The highest BCUT2D eigenvalue weighted by Crippen LogP contribution is 2.24. The number of likely N-dealkylation sites (N-methyl/N-ethyl adjacent to an activating group) is 1. The van der Waals surface area contributed by atoms with Crippen molar-refractivity contribution >= 4 is 29.0 Å². The molecule has 0 bridgehead atoms. The predicted octanol–water partition coefficient (Wildman–Crippen LogP) is 1.36. The molecule has 0 fully saturated rings. The molecule has 19 heavy (non-hydrogen) atoms. The van der Waals surface area contributed by atoms with Crippen LogP contribution in [0, 0.1) is 0 Å². The van der Waals surface area contributed by atoms with Crippen LogP contribution in [0.2, 0.25) is 0 Å². The van der Waals surface area contributed by atoms with Crippen molar-refractivity contribution < 1.29 is 19.1 Å². The van der Waals surface area contributed by atoms with E-state index in [4.69, 9.17) is 17.0 Å². The van der Waals surface area contributed by atoms with Gasteiger partial charge in [-0.25, -0.2) is 9.59 Å². The molecular weight excluding hydrogens is 266 g/mol. The summed E-state index contributed by atoms with van der Waals surface area (Å²) in [6, 6.07) is 0. The zero-order valence-corrected chi connectivity index (χ0v) is 12.0. The van der Waals surface area contributed by atoms with Gasteiger partial charge in [0.1, 0.15) is 10.4 Å². The third-order valence-electron chi connectivity index (χ3n) is 2.61. The Hall–Kier alpha value is -1.95. The van der Waals surface area contributed by atoms with Crippen LogP contribution in [0.4, 0.5) is 0 Å². The second-order valence-electron chi connectivity index (χ2n) is 3.84. The van der Waals surface area contributed by atoms with E-state index in [9.17, 15) is 9.59 Å².